The van der Waals surface area contributed by atoms with E-state index in [1.807, 2.05) is 84.9 Å². The lowest BCUT2D eigenvalue weighted by Gasteiger charge is -2.09. The molecule has 0 radical (unpaired) electrons. The fraction of sp³-hybridized carbons (Fsp3) is 0. The highest BCUT2D eigenvalue weighted by atomic mass is 16.5. The third-order valence-electron chi connectivity index (χ3n) is 3.82. The van der Waals surface area contributed by atoms with E-state index in [4.69, 9.17) is 4.74 Å². The quantitative estimate of drug-likeness (QED) is 0.461. The fourth-order valence-electron chi connectivity index (χ4n) is 2.52. The van der Waals surface area contributed by atoms with Crippen molar-refractivity contribution in [2.45, 2.75) is 0 Å². The van der Waals surface area contributed by atoms with E-state index in [1.165, 1.54) is 0 Å². The maximum Gasteiger partial charge on any atom is 0.130 e. The molecule has 2 N–H and O–H groups in total. The molecule has 2 aromatic heterocycles. The molecule has 27 heavy (non-hydrogen) atoms. The van der Waals surface area contributed by atoms with Crippen LogP contribution in [-0.2, 0) is 0 Å². The SMILES string of the molecule is c1ccc(Nc2ccc(Oc3ccc(Nc4ccccn4)cc3)cc2)nc1. The van der Waals surface area contributed by atoms with E-state index in [0.29, 0.717) is 0 Å². The molecule has 0 saturated carbocycles. The van der Waals surface area contributed by atoms with Crippen LogP contribution in [-0.4, -0.2) is 9.97 Å². The molecule has 5 nitrogen and oxygen atoms in total. The maximum absolute atomic E-state index is 5.90. The predicted molar refractivity (Wildman–Crippen MR) is 108 cm³/mol. The van der Waals surface area contributed by atoms with Crippen LogP contribution < -0.4 is 15.4 Å². The second-order valence-electron chi connectivity index (χ2n) is 5.83. The van der Waals surface area contributed by atoms with Gasteiger partial charge >= 0.3 is 0 Å². The number of anilines is 4. The van der Waals surface area contributed by atoms with Gasteiger partial charge < -0.3 is 15.4 Å². The summed E-state index contributed by atoms with van der Waals surface area (Å²) in [6.45, 7) is 0. The Labute approximate surface area is 157 Å². The molecule has 4 aromatic rings. The summed E-state index contributed by atoms with van der Waals surface area (Å²) in [6, 6.07) is 27.0. The van der Waals surface area contributed by atoms with Gasteiger partial charge in [0.05, 0.1) is 0 Å². The monoisotopic (exact) mass is 354 g/mol. The van der Waals surface area contributed by atoms with Gasteiger partial charge in [-0.15, -0.1) is 0 Å². The highest BCUT2D eigenvalue weighted by Gasteiger charge is 2.01. The molecule has 0 aliphatic heterocycles. The topological polar surface area (TPSA) is 59.1 Å². The Kier molecular flexibility index (Phi) is 4.93. The Bertz CT molecular complexity index is 889. The first kappa shape index (κ1) is 16.6. The van der Waals surface area contributed by atoms with Gasteiger partial charge in [0.25, 0.3) is 0 Å². The van der Waals surface area contributed by atoms with Gasteiger partial charge in [0.1, 0.15) is 23.1 Å². The van der Waals surface area contributed by atoms with Crippen molar-refractivity contribution < 1.29 is 4.74 Å². The molecule has 0 amide bonds. The second kappa shape index (κ2) is 8.01. The van der Waals surface area contributed by atoms with Crippen molar-refractivity contribution in [3.8, 4) is 11.5 Å². The molecule has 0 aliphatic rings. The van der Waals surface area contributed by atoms with E-state index in [0.717, 1.165) is 34.5 Å². The summed E-state index contributed by atoms with van der Waals surface area (Å²) in [6.07, 6.45) is 3.51. The summed E-state index contributed by atoms with van der Waals surface area (Å²) in [5.41, 5.74) is 1.91. The maximum atomic E-state index is 5.90. The Balaban J connectivity index is 1.37. The molecule has 132 valence electrons. The lowest BCUT2D eigenvalue weighted by Crippen LogP contribution is -1.93. The number of nitrogens with one attached hydrogen (secondary N) is 2. The molecule has 0 fully saturated rings. The summed E-state index contributed by atoms with van der Waals surface area (Å²) in [5.74, 6) is 3.16. The Hall–Kier alpha value is -3.86. The van der Waals surface area contributed by atoms with Gasteiger partial charge in [-0.05, 0) is 72.8 Å². The standard InChI is InChI=1S/C22H18N4O/c1-3-15-23-21(5-1)25-17-7-11-19(12-8-17)27-20-13-9-18(10-14-20)26-22-6-2-4-16-24-22/h1-16H,(H,23,25)(H,24,26). The Morgan fingerprint density at radius 3 is 1.33 bits per heavy atom. The average molecular weight is 354 g/mol. The van der Waals surface area contributed by atoms with Crippen molar-refractivity contribution in [2.75, 3.05) is 10.6 Å². The van der Waals surface area contributed by atoms with Crippen LogP contribution >= 0.6 is 0 Å². The van der Waals surface area contributed by atoms with Crippen LogP contribution in [0.4, 0.5) is 23.0 Å². The van der Waals surface area contributed by atoms with Crippen LogP contribution in [0, 0.1) is 0 Å². The van der Waals surface area contributed by atoms with E-state index in [-0.39, 0.29) is 0 Å². The van der Waals surface area contributed by atoms with Crippen LogP contribution in [0.15, 0.2) is 97.3 Å². The molecule has 0 unspecified atom stereocenters. The number of pyridine rings is 2. The molecule has 4 rings (SSSR count). The van der Waals surface area contributed by atoms with Crippen molar-refractivity contribution >= 4 is 23.0 Å². The van der Waals surface area contributed by atoms with Gasteiger partial charge in [0, 0.05) is 23.8 Å². The van der Waals surface area contributed by atoms with Crippen molar-refractivity contribution in [3.63, 3.8) is 0 Å². The summed E-state index contributed by atoms with van der Waals surface area (Å²) in [4.78, 5) is 8.50. The number of rotatable bonds is 6. The van der Waals surface area contributed by atoms with Crippen LogP contribution in [0.1, 0.15) is 0 Å². The van der Waals surface area contributed by atoms with Gasteiger partial charge in [-0.2, -0.15) is 0 Å². The van der Waals surface area contributed by atoms with Gasteiger partial charge in [-0.25, -0.2) is 9.97 Å². The Morgan fingerprint density at radius 1 is 0.519 bits per heavy atom. The third-order valence-corrected chi connectivity index (χ3v) is 3.82. The summed E-state index contributed by atoms with van der Waals surface area (Å²) in [5, 5.41) is 6.49. The van der Waals surface area contributed by atoms with E-state index in [1.54, 1.807) is 12.4 Å². The molecule has 0 aliphatic carbocycles. The minimum absolute atomic E-state index is 0.770. The van der Waals surface area contributed by atoms with Crippen molar-refractivity contribution in [3.05, 3.63) is 97.3 Å². The molecule has 5 heteroatoms. The highest BCUT2D eigenvalue weighted by Crippen LogP contribution is 2.26. The first-order valence-corrected chi connectivity index (χ1v) is 8.59. The van der Waals surface area contributed by atoms with Crippen molar-refractivity contribution in [1.29, 1.82) is 0 Å². The van der Waals surface area contributed by atoms with E-state index < -0.39 is 0 Å². The zero-order chi connectivity index (χ0) is 18.3. The predicted octanol–water partition coefficient (Wildman–Crippen LogP) is 5.76. The summed E-state index contributed by atoms with van der Waals surface area (Å²) in [7, 11) is 0. The van der Waals surface area contributed by atoms with Gasteiger partial charge in [0.15, 0.2) is 0 Å². The lowest BCUT2D eigenvalue weighted by molar-refractivity contribution is 0.483. The van der Waals surface area contributed by atoms with Gasteiger partial charge in [-0.3, -0.25) is 0 Å². The van der Waals surface area contributed by atoms with Gasteiger partial charge in [0.2, 0.25) is 0 Å². The molecular weight excluding hydrogens is 336 g/mol. The molecule has 0 atom stereocenters. The normalized spacial score (nSPS) is 10.2. The number of aromatic nitrogens is 2. The number of benzene rings is 2. The minimum Gasteiger partial charge on any atom is -0.457 e. The number of hydrogen-bond acceptors (Lipinski definition) is 5. The number of ether oxygens (including phenoxy) is 1. The number of hydrogen-bond donors (Lipinski definition) is 2. The van der Waals surface area contributed by atoms with Crippen molar-refractivity contribution in [1.82, 2.24) is 9.97 Å². The first-order valence-electron chi connectivity index (χ1n) is 8.59. The Morgan fingerprint density at radius 2 is 0.963 bits per heavy atom. The smallest absolute Gasteiger partial charge is 0.130 e. The van der Waals surface area contributed by atoms with E-state index in [2.05, 4.69) is 20.6 Å². The van der Waals surface area contributed by atoms with E-state index >= 15 is 0 Å². The summed E-state index contributed by atoms with van der Waals surface area (Å²) < 4.78 is 5.90. The molecule has 0 saturated heterocycles. The van der Waals surface area contributed by atoms with E-state index in [9.17, 15) is 0 Å². The fourth-order valence-corrected chi connectivity index (χ4v) is 2.52. The average Bonchev–Trinajstić information content (AvgIpc) is 2.73. The van der Waals surface area contributed by atoms with Crippen LogP contribution in [0.2, 0.25) is 0 Å². The molecule has 2 heterocycles. The van der Waals surface area contributed by atoms with Crippen LogP contribution in [0.25, 0.3) is 0 Å². The minimum atomic E-state index is 0.770. The van der Waals surface area contributed by atoms with Gasteiger partial charge in [-0.1, -0.05) is 12.1 Å². The molecule has 0 spiro atoms. The molecular formula is C22H18N4O. The zero-order valence-electron chi connectivity index (χ0n) is 14.5. The zero-order valence-corrected chi connectivity index (χ0v) is 14.5. The number of nitrogens with zero attached hydrogens (tertiary/aromatic N) is 2. The van der Waals surface area contributed by atoms with Crippen LogP contribution in [0.3, 0.4) is 0 Å². The second-order valence-corrected chi connectivity index (χ2v) is 5.83. The highest BCUT2D eigenvalue weighted by molar-refractivity contribution is 5.58. The largest absolute Gasteiger partial charge is 0.457 e. The van der Waals surface area contributed by atoms with Crippen LogP contribution in [0.5, 0.6) is 11.5 Å². The molecule has 0 bridgehead atoms. The third kappa shape index (κ3) is 4.61. The lowest BCUT2D eigenvalue weighted by atomic mass is 10.2. The summed E-state index contributed by atoms with van der Waals surface area (Å²) >= 11 is 0. The molecule has 2 aromatic carbocycles. The van der Waals surface area contributed by atoms with Crippen molar-refractivity contribution in [2.24, 2.45) is 0 Å². The first-order chi connectivity index (χ1) is 13.3.